The van der Waals surface area contributed by atoms with E-state index in [0.717, 1.165) is 11.5 Å². The van der Waals surface area contributed by atoms with Crippen LogP contribution in [0, 0.1) is 5.92 Å². The van der Waals surface area contributed by atoms with Crippen LogP contribution in [0.4, 0.5) is 0 Å². The summed E-state index contributed by atoms with van der Waals surface area (Å²) in [6, 6.07) is 0. The number of hydrogen-bond donors (Lipinski definition) is 1. The Morgan fingerprint density at radius 1 is 1.50 bits per heavy atom. The highest BCUT2D eigenvalue weighted by molar-refractivity contribution is 6.72. The van der Waals surface area contributed by atoms with Crippen molar-refractivity contribution in [3.05, 3.63) is 0 Å². The Labute approximate surface area is 89.6 Å². The second kappa shape index (κ2) is 5.28. The van der Waals surface area contributed by atoms with Gasteiger partial charge in [-0.15, -0.1) is 0 Å². The monoisotopic (exact) mass is 215 g/mol. The number of rotatable bonds is 4. The van der Waals surface area contributed by atoms with Crippen LogP contribution in [0.15, 0.2) is 0 Å². The van der Waals surface area contributed by atoms with Crippen LogP contribution >= 0.6 is 0 Å². The molecule has 1 N–H and O–H groups in total. The Morgan fingerprint density at radius 2 is 2.21 bits per heavy atom. The summed E-state index contributed by atoms with van der Waals surface area (Å²) >= 11 is 0. The minimum Gasteiger partial charge on any atom is -0.420 e. The number of piperidine rings is 1. The van der Waals surface area contributed by atoms with Crippen molar-refractivity contribution in [3.63, 3.8) is 0 Å². The zero-order chi connectivity index (χ0) is 10.6. The van der Waals surface area contributed by atoms with E-state index in [1.54, 1.807) is 0 Å². The van der Waals surface area contributed by atoms with Gasteiger partial charge in [-0.1, -0.05) is 13.3 Å². The fraction of sp³-hybridized carbons (Fsp3) is 1.00. The van der Waals surface area contributed by atoms with Gasteiger partial charge in [0.15, 0.2) is 8.32 Å². The van der Waals surface area contributed by atoms with Crippen LogP contribution in [0.5, 0.6) is 0 Å². The predicted molar refractivity (Wildman–Crippen MR) is 64.1 cm³/mol. The minimum atomic E-state index is -1.43. The molecular weight excluding hydrogens is 190 g/mol. The molecule has 0 aliphatic carbocycles. The summed E-state index contributed by atoms with van der Waals surface area (Å²) in [5, 5.41) is 3.51. The van der Waals surface area contributed by atoms with E-state index in [1.807, 2.05) is 7.11 Å². The SMILES string of the molecule is CCC(C1CCCNC1)[Si](C)(C)OC. The summed E-state index contributed by atoms with van der Waals surface area (Å²) in [4.78, 5) is 0. The molecule has 3 heteroatoms. The third-order valence-electron chi connectivity index (χ3n) is 3.76. The first-order valence-corrected chi connectivity index (χ1v) is 8.86. The van der Waals surface area contributed by atoms with E-state index in [9.17, 15) is 0 Å². The van der Waals surface area contributed by atoms with Gasteiger partial charge >= 0.3 is 0 Å². The van der Waals surface area contributed by atoms with Gasteiger partial charge < -0.3 is 9.74 Å². The summed E-state index contributed by atoms with van der Waals surface area (Å²) in [6.07, 6.45) is 4.01. The molecule has 1 saturated heterocycles. The van der Waals surface area contributed by atoms with E-state index in [2.05, 4.69) is 25.3 Å². The van der Waals surface area contributed by atoms with Crippen molar-refractivity contribution < 1.29 is 4.43 Å². The molecule has 1 aliphatic rings. The zero-order valence-electron chi connectivity index (χ0n) is 10.1. The molecule has 0 saturated carbocycles. The molecule has 1 heterocycles. The normalized spacial score (nSPS) is 26.1. The standard InChI is InChI=1S/C11H25NOSi/c1-5-11(14(3,4)13-2)10-7-6-8-12-9-10/h10-12H,5-9H2,1-4H3. The van der Waals surface area contributed by atoms with E-state index in [0.29, 0.717) is 0 Å². The Hall–Kier alpha value is 0.137. The molecule has 1 rings (SSSR count). The summed E-state index contributed by atoms with van der Waals surface area (Å²) in [6.45, 7) is 9.44. The highest BCUT2D eigenvalue weighted by atomic mass is 28.4. The Morgan fingerprint density at radius 3 is 2.64 bits per heavy atom. The lowest BCUT2D eigenvalue weighted by atomic mass is 9.94. The second-order valence-corrected chi connectivity index (χ2v) is 9.29. The largest absolute Gasteiger partial charge is 0.420 e. The second-order valence-electron chi connectivity index (χ2n) is 4.93. The van der Waals surface area contributed by atoms with Crippen LogP contribution in [-0.2, 0) is 4.43 Å². The van der Waals surface area contributed by atoms with Crippen LogP contribution in [-0.4, -0.2) is 28.5 Å². The van der Waals surface area contributed by atoms with Crippen molar-refractivity contribution in [3.8, 4) is 0 Å². The Balaban J connectivity index is 2.59. The maximum absolute atomic E-state index is 5.76. The van der Waals surface area contributed by atoms with Crippen LogP contribution in [0.3, 0.4) is 0 Å². The van der Waals surface area contributed by atoms with E-state index in [4.69, 9.17) is 4.43 Å². The van der Waals surface area contributed by atoms with E-state index in [-0.39, 0.29) is 0 Å². The molecule has 0 aromatic heterocycles. The fourth-order valence-corrected chi connectivity index (χ4v) is 5.47. The van der Waals surface area contributed by atoms with Crippen molar-refractivity contribution in [2.75, 3.05) is 20.2 Å². The molecule has 1 fully saturated rings. The molecule has 0 aromatic rings. The first-order valence-electron chi connectivity index (χ1n) is 5.87. The molecule has 2 nitrogen and oxygen atoms in total. The van der Waals surface area contributed by atoms with Crippen molar-refractivity contribution in [1.29, 1.82) is 0 Å². The van der Waals surface area contributed by atoms with Crippen LogP contribution in [0.25, 0.3) is 0 Å². The zero-order valence-corrected chi connectivity index (χ0v) is 11.1. The minimum absolute atomic E-state index is 0.820. The molecule has 0 aromatic carbocycles. The van der Waals surface area contributed by atoms with Crippen LogP contribution in [0.1, 0.15) is 26.2 Å². The maximum atomic E-state index is 5.76. The van der Waals surface area contributed by atoms with E-state index < -0.39 is 8.32 Å². The smallest absolute Gasteiger partial charge is 0.189 e. The summed E-state index contributed by atoms with van der Waals surface area (Å²) in [7, 11) is 0.460. The number of nitrogens with one attached hydrogen (secondary N) is 1. The van der Waals surface area contributed by atoms with Gasteiger partial charge in [-0.3, -0.25) is 0 Å². The van der Waals surface area contributed by atoms with E-state index >= 15 is 0 Å². The average molecular weight is 215 g/mol. The van der Waals surface area contributed by atoms with Gasteiger partial charge in [-0.05, 0) is 50.5 Å². The lowest BCUT2D eigenvalue weighted by Gasteiger charge is -2.38. The van der Waals surface area contributed by atoms with Crippen LogP contribution in [0.2, 0.25) is 18.6 Å². The topological polar surface area (TPSA) is 21.3 Å². The predicted octanol–water partition coefficient (Wildman–Crippen LogP) is 2.62. The molecular formula is C11H25NOSi. The maximum Gasteiger partial charge on any atom is 0.189 e. The summed E-state index contributed by atoms with van der Waals surface area (Å²) in [5.74, 6) is 0.857. The van der Waals surface area contributed by atoms with Gasteiger partial charge in [-0.2, -0.15) is 0 Å². The van der Waals surface area contributed by atoms with Crippen molar-refractivity contribution in [1.82, 2.24) is 5.32 Å². The van der Waals surface area contributed by atoms with Gasteiger partial charge in [0, 0.05) is 7.11 Å². The van der Waals surface area contributed by atoms with Gasteiger partial charge in [-0.25, -0.2) is 0 Å². The molecule has 1 aliphatic heterocycles. The van der Waals surface area contributed by atoms with Crippen molar-refractivity contribution in [2.45, 2.75) is 44.8 Å². The van der Waals surface area contributed by atoms with Crippen LogP contribution < -0.4 is 5.32 Å². The summed E-state index contributed by atoms with van der Waals surface area (Å²) in [5.41, 5.74) is 0.820. The summed E-state index contributed by atoms with van der Waals surface area (Å²) < 4.78 is 5.76. The quantitative estimate of drug-likeness (QED) is 0.728. The third kappa shape index (κ3) is 2.81. The van der Waals surface area contributed by atoms with Gasteiger partial charge in [0.25, 0.3) is 0 Å². The average Bonchev–Trinajstić information content (AvgIpc) is 2.20. The van der Waals surface area contributed by atoms with Gasteiger partial charge in [0.1, 0.15) is 0 Å². The molecule has 0 spiro atoms. The molecule has 84 valence electrons. The number of hydrogen-bond acceptors (Lipinski definition) is 2. The van der Waals surface area contributed by atoms with Crippen molar-refractivity contribution in [2.24, 2.45) is 5.92 Å². The third-order valence-corrected chi connectivity index (χ3v) is 7.48. The Bertz CT molecular complexity index is 167. The Kier molecular flexibility index (Phi) is 4.61. The van der Waals surface area contributed by atoms with E-state index in [1.165, 1.54) is 32.4 Å². The first kappa shape index (κ1) is 12.2. The molecule has 0 amide bonds. The molecule has 2 unspecified atom stereocenters. The lowest BCUT2D eigenvalue weighted by Crippen LogP contribution is -2.43. The van der Waals surface area contributed by atoms with Crippen molar-refractivity contribution >= 4 is 8.32 Å². The fourth-order valence-electron chi connectivity index (χ4n) is 2.77. The molecule has 14 heavy (non-hydrogen) atoms. The lowest BCUT2D eigenvalue weighted by molar-refractivity contribution is 0.308. The highest BCUT2D eigenvalue weighted by Gasteiger charge is 2.37. The van der Waals surface area contributed by atoms with Gasteiger partial charge in [0.05, 0.1) is 0 Å². The first-order chi connectivity index (χ1) is 6.61. The molecule has 0 bridgehead atoms. The molecule has 0 radical (unpaired) electrons. The highest BCUT2D eigenvalue weighted by Crippen LogP contribution is 2.36. The van der Waals surface area contributed by atoms with Gasteiger partial charge in [0.2, 0.25) is 0 Å². The molecule has 2 atom stereocenters.